The first-order valence-corrected chi connectivity index (χ1v) is 11.8. The van der Waals surface area contributed by atoms with Crippen LogP contribution in [0.15, 0.2) is 59.3 Å². The Morgan fingerprint density at radius 3 is 2.74 bits per heavy atom. The SMILES string of the molecule is O=C(NC(=O)C1=CCSC1NC(=O)C1Nc2cccnc2S1)OCc1ccccc1C(F)(F)F. The average Bonchev–Trinajstić information content (AvgIpc) is 3.44. The van der Waals surface area contributed by atoms with Crippen molar-refractivity contribution in [2.24, 2.45) is 0 Å². The largest absolute Gasteiger partial charge is 0.444 e. The number of pyridine rings is 1. The minimum atomic E-state index is -4.60. The second-order valence-electron chi connectivity index (χ2n) is 7.06. The van der Waals surface area contributed by atoms with Gasteiger partial charge in [0.25, 0.3) is 11.8 Å². The molecule has 4 rings (SSSR count). The predicted octanol–water partition coefficient (Wildman–Crippen LogP) is 3.51. The number of nitrogens with one attached hydrogen (secondary N) is 3. The van der Waals surface area contributed by atoms with Crippen LogP contribution in [-0.4, -0.2) is 39.4 Å². The van der Waals surface area contributed by atoms with Crippen LogP contribution in [0.4, 0.5) is 23.7 Å². The summed E-state index contributed by atoms with van der Waals surface area (Å²) < 4.78 is 44.0. The molecule has 178 valence electrons. The number of alkyl carbamates (subject to hydrolysis) is 1. The van der Waals surface area contributed by atoms with Crippen LogP contribution in [0.5, 0.6) is 0 Å². The van der Waals surface area contributed by atoms with Crippen molar-refractivity contribution in [3.05, 3.63) is 65.4 Å². The first-order valence-electron chi connectivity index (χ1n) is 9.86. The first kappa shape index (κ1) is 24.0. The number of anilines is 1. The molecule has 2 atom stereocenters. The normalized spacial score (nSPS) is 19.0. The van der Waals surface area contributed by atoms with Crippen LogP contribution in [0.25, 0.3) is 0 Å². The van der Waals surface area contributed by atoms with E-state index in [0.717, 1.165) is 11.8 Å². The zero-order chi connectivity index (χ0) is 24.3. The van der Waals surface area contributed by atoms with Crippen LogP contribution in [0.3, 0.4) is 0 Å². The molecule has 13 heteroatoms. The number of carbonyl (C=O) groups is 3. The number of ether oxygens (including phenoxy) is 1. The number of carbonyl (C=O) groups excluding carboxylic acids is 3. The van der Waals surface area contributed by atoms with Crippen molar-refractivity contribution in [3.8, 4) is 0 Å². The Hall–Kier alpha value is -3.19. The molecule has 8 nitrogen and oxygen atoms in total. The van der Waals surface area contributed by atoms with Gasteiger partial charge in [0.1, 0.15) is 17.0 Å². The smallest absolute Gasteiger partial charge is 0.416 e. The van der Waals surface area contributed by atoms with Crippen LogP contribution in [0, 0.1) is 0 Å². The number of benzene rings is 1. The fourth-order valence-electron chi connectivity index (χ4n) is 3.23. The van der Waals surface area contributed by atoms with Gasteiger partial charge in [-0.2, -0.15) is 13.2 Å². The number of rotatable bonds is 5. The van der Waals surface area contributed by atoms with Gasteiger partial charge in [-0.1, -0.05) is 36.0 Å². The molecule has 1 aromatic carbocycles. The molecule has 0 fully saturated rings. The Morgan fingerprint density at radius 2 is 1.97 bits per heavy atom. The first-order chi connectivity index (χ1) is 16.2. The van der Waals surface area contributed by atoms with Gasteiger partial charge in [-0.15, -0.1) is 11.8 Å². The van der Waals surface area contributed by atoms with E-state index in [1.807, 2.05) is 5.32 Å². The molecule has 2 aliphatic heterocycles. The van der Waals surface area contributed by atoms with Gasteiger partial charge in [-0.25, -0.2) is 9.78 Å². The molecular formula is C21H17F3N4O4S2. The maximum Gasteiger partial charge on any atom is 0.416 e. The van der Waals surface area contributed by atoms with Crippen molar-refractivity contribution in [1.29, 1.82) is 0 Å². The Kier molecular flexibility index (Phi) is 7.03. The number of fused-ring (bicyclic) bond motifs is 1. The Morgan fingerprint density at radius 1 is 1.18 bits per heavy atom. The molecule has 3 heterocycles. The van der Waals surface area contributed by atoms with E-state index < -0.39 is 41.1 Å². The van der Waals surface area contributed by atoms with Crippen molar-refractivity contribution >= 4 is 47.1 Å². The van der Waals surface area contributed by atoms with Crippen molar-refractivity contribution < 1.29 is 32.3 Å². The maximum absolute atomic E-state index is 13.1. The highest BCUT2D eigenvalue weighted by atomic mass is 32.2. The van der Waals surface area contributed by atoms with E-state index in [2.05, 4.69) is 15.6 Å². The predicted molar refractivity (Wildman–Crippen MR) is 120 cm³/mol. The van der Waals surface area contributed by atoms with Crippen LogP contribution >= 0.6 is 23.5 Å². The van der Waals surface area contributed by atoms with E-state index in [9.17, 15) is 27.6 Å². The third kappa shape index (κ3) is 5.47. The highest BCUT2D eigenvalue weighted by molar-refractivity contribution is 8.01. The summed E-state index contributed by atoms with van der Waals surface area (Å²) in [5.41, 5.74) is -0.294. The van der Waals surface area contributed by atoms with E-state index in [0.29, 0.717) is 10.8 Å². The summed E-state index contributed by atoms with van der Waals surface area (Å²) in [6.07, 6.45) is -2.62. The molecule has 34 heavy (non-hydrogen) atoms. The molecule has 2 aromatic rings. The van der Waals surface area contributed by atoms with E-state index >= 15 is 0 Å². The third-order valence-corrected chi connectivity index (χ3v) is 6.99. The highest BCUT2D eigenvalue weighted by Gasteiger charge is 2.35. The lowest BCUT2D eigenvalue weighted by Crippen LogP contribution is -2.44. The Labute approximate surface area is 200 Å². The van der Waals surface area contributed by atoms with Gasteiger partial charge < -0.3 is 15.4 Å². The summed E-state index contributed by atoms with van der Waals surface area (Å²) >= 11 is 2.51. The quantitative estimate of drug-likeness (QED) is 0.561. The van der Waals surface area contributed by atoms with Crippen molar-refractivity contribution in [1.82, 2.24) is 15.6 Å². The van der Waals surface area contributed by atoms with E-state index in [1.54, 1.807) is 24.4 Å². The second-order valence-corrected chi connectivity index (χ2v) is 9.30. The standard InChI is InChI=1S/C21H17F3N4O4S2/c22-21(23,24)13-5-2-1-4-11(13)10-32-20(31)28-15(29)12-7-9-33-17(12)27-16(30)19-26-14-6-3-8-25-18(14)34-19/h1-8,17,19,26H,9-10H2,(H,27,30)(H,28,29,31). The second kappa shape index (κ2) is 9.97. The number of hydrogen-bond donors (Lipinski definition) is 3. The van der Waals surface area contributed by atoms with Crippen molar-refractivity contribution in [3.63, 3.8) is 0 Å². The fraction of sp³-hybridized carbons (Fsp3) is 0.238. The molecule has 0 radical (unpaired) electrons. The molecule has 0 saturated carbocycles. The van der Waals surface area contributed by atoms with Gasteiger partial charge in [0.05, 0.1) is 11.3 Å². The number of alkyl halides is 3. The number of hydrogen-bond acceptors (Lipinski definition) is 8. The van der Waals surface area contributed by atoms with Gasteiger partial charge in [-0.3, -0.25) is 14.9 Å². The molecule has 0 saturated heterocycles. The summed E-state index contributed by atoms with van der Waals surface area (Å²) in [5, 5.41) is 7.13. The molecule has 2 aliphatic rings. The minimum absolute atomic E-state index is 0.143. The third-order valence-electron chi connectivity index (χ3n) is 4.81. The molecule has 0 bridgehead atoms. The van der Waals surface area contributed by atoms with E-state index in [1.165, 1.54) is 41.7 Å². The van der Waals surface area contributed by atoms with Crippen molar-refractivity contribution in [2.45, 2.75) is 28.6 Å². The Bertz CT molecular complexity index is 1130. The van der Waals surface area contributed by atoms with E-state index in [4.69, 9.17) is 4.74 Å². The lowest BCUT2D eigenvalue weighted by atomic mass is 10.1. The number of amides is 3. The van der Waals surface area contributed by atoms with Gasteiger partial charge >= 0.3 is 12.3 Å². The summed E-state index contributed by atoms with van der Waals surface area (Å²) in [7, 11) is 0. The van der Waals surface area contributed by atoms with Gasteiger partial charge in [-0.05, 0) is 18.2 Å². The molecule has 0 spiro atoms. The maximum atomic E-state index is 13.1. The van der Waals surface area contributed by atoms with Gasteiger partial charge in [0.15, 0.2) is 5.37 Å². The average molecular weight is 511 g/mol. The summed E-state index contributed by atoms with van der Waals surface area (Å²) in [6.45, 7) is -0.665. The monoisotopic (exact) mass is 510 g/mol. The summed E-state index contributed by atoms with van der Waals surface area (Å²) in [6, 6.07) is 8.21. The van der Waals surface area contributed by atoms with Gasteiger partial charge in [0.2, 0.25) is 0 Å². The number of nitrogens with zero attached hydrogens (tertiary/aromatic N) is 1. The van der Waals surface area contributed by atoms with Gasteiger partial charge in [0, 0.05) is 23.1 Å². The van der Waals surface area contributed by atoms with Crippen LogP contribution in [-0.2, 0) is 27.1 Å². The fourth-order valence-corrected chi connectivity index (χ4v) is 5.24. The number of thioether (sulfide) groups is 2. The van der Waals surface area contributed by atoms with Crippen molar-refractivity contribution in [2.75, 3.05) is 11.1 Å². The molecule has 3 N–H and O–H groups in total. The zero-order valence-electron chi connectivity index (χ0n) is 17.2. The molecular weight excluding hydrogens is 493 g/mol. The highest BCUT2D eigenvalue weighted by Crippen LogP contribution is 2.37. The van der Waals surface area contributed by atoms with Crippen LogP contribution in [0.1, 0.15) is 11.1 Å². The molecule has 1 aromatic heterocycles. The number of halogens is 3. The van der Waals surface area contributed by atoms with E-state index in [-0.39, 0.29) is 17.0 Å². The van der Waals surface area contributed by atoms with Crippen LogP contribution in [0.2, 0.25) is 0 Å². The Balaban J connectivity index is 1.30. The number of imide groups is 1. The molecule has 3 amide bonds. The molecule has 2 unspecified atom stereocenters. The lowest BCUT2D eigenvalue weighted by molar-refractivity contribution is -0.138. The lowest BCUT2D eigenvalue weighted by Gasteiger charge is -2.18. The summed E-state index contributed by atoms with van der Waals surface area (Å²) in [5.74, 6) is -0.747. The number of aromatic nitrogens is 1. The topological polar surface area (TPSA) is 109 Å². The minimum Gasteiger partial charge on any atom is -0.444 e. The zero-order valence-corrected chi connectivity index (χ0v) is 18.9. The van der Waals surface area contributed by atoms with Crippen LogP contribution < -0.4 is 16.0 Å². The summed E-state index contributed by atoms with van der Waals surface area (Å²) in [4.78, 5) is 41.4. The molecule has 0 aliphatic carbocycles.